The zero-order valence-corrected chi connectivity index (χ0v) is 23.1. The van der Waals surface area contributed by atoms with Gasteiger partial charge in [0.2, 0.25) is 0 Å². The number of nitrogens with zero attached hydrogens (tertiary/aromatic N) is 4. The Bertz CT molecular complexity index is 1680. The Labute approximate surface area is 242 Å². The molecule has 0 fully saturated rings. The van der Waals surface area contributed by atoms with E-state index in [4.69, 9.17) is 15.0 Å². The van der Waals surface area contributed by atoms with Crippen LogP contribution < -0.4 is 10.5 Å². The van der Waals surface area contributed by atoms with E-state index in [1.807, 2.05) is 6.92 Å². The zero-order valence-electron chi connectivity index (χ0n) is 23.1. The van der Waals surface area contributed by atoms with E-state index < -0.39 is 34.8 Å². The van der Waals surface area contributed by atoms with E-state index in [2.05, 4.69) is 20.2 Å². The molecule has 3 heterocycles. The number of carbonyl (C=O) groups is 1. The number of fused-ring (bicyclic) bond motifs is 1. The number of primary amides is 1. The van der Waals surface area contributed by atoms with Gasteiger partial charge in [-0.2, -0.15) is 18.3 Å². The summed E-state index contributed by atoms with van der Waals surface area (Å²) in [4.78, 5) is 20.4. The van der Waals surface area contributed by atoms with Crippen LogP contribution in [0.3, 0.4) is 0 Å². The highest BCUT2D eigenvalue weighted by Gasteiger charge is 2.49. The van der Waals surface area contributed by atoms with Gasteiger partial charge in [-0.3, -0.25) is 9.80 Å². The van der Waals surface area contributed by atoms with Gasteiger partial charge >= 0.3 is 6.18 Å². The smallest absolute Gasteiger partial charge is 0.417 e. The predicted octanol–water partition coefficient (Wildman–Crippen LogP) is 6.15. The van der Waals surface area contributed by atoms with Crippen LogP contribution in [0.5, 0.6) is 5.75 Å². The van der Waals surface area contributed by atoms with Gasteiger partial charge in [-0.1, -0.05) is 31.5 Å². The molecule has 0 radical (unpaired) electrons. The fourth-order valence-corrected chi connectivity index (χ4v) is 5.01. The first-order valence-electron chi connectivity index (χ1n) is 13.5. The van der Waals surface area contributed by atoms with E-state index >= 15 is 0 Å². The molecule has 2 aromatic heterocycles. The zero-order chi connectivity index (χ0) is 30.9. The van der Waals surface area contributed by atoms with Gasteiger partial charge in [0.15, 0.2) is 22.9 Å². The van der Waals surface area contributed by atoms with Crippen LogP contribution >= 0.6 is 0 Å². The summed E-state index contributed by atoms with van der Waals surface area (Å²) in [6.07, 6.45) is -2.34. The highest BCUT2D eigenvalue weighted by Crippen LogP contribution is 2.42. The number of aromatic nitrogens is 3. The highest BCUT2D eigenvalue weighted by molar-refractivity contribution is 5.87. The molecule has 14 heteroatoms. The van der Waals surface area contributed by atoms with Crippen molar-refractivity contribution < 1.29 is 36.0 Å². The van der Waals surface area contributed by atoms with Crippen molar-refractivity contribution in [3.05, 3.63) is 76.8 Å². The molecule has 4 aromatic rings. The first kappa shape index (κ1) is 29.7. The summed E-state index contributed by atoms with van der Waals surface area (Å²) in [5, 5.41) is 9.56. The van der Waals surface area contributed by atoms with Crippen molar-refractivity contribution >= 4 is 12.1 Å². The number of H-pyrrole nitrogens is 1. The van der Waals surface area contributed by atoms with Crippen molar-refractivity contribution in [3.8, 4) is 28.4 Å². The third-order valence-corrected chi connectivity index (χ3v) is 7.07. The fraction of sp³-hybridized carbons (Fsp3) is 0.310. The van der Waals surface area contributed by atoms with Crippen LogP contribution in [0.1, 0.15) is 55.8 Å². The average molecular weight is 603 g/mol. The number of rotatable bonds is 10. The quantitative estimate of drug-likeness (QED) is 0.210. The number of nitrogens with two attached hydrogens (primary N) is 1. The molecule has 0 saturated heterocycles. The van der Waals surface area contributed by atoms with Crippen molar-refractivity contribution in [1.29, 1.82) is 0 Å². The topological polar surface area (TPSA) is 123 Å². The fourth-order valence-electron chi connectivity index (χ4n) is 5.01. The van der Waals surface area contributed by atoms with Crippen LogP contribution in [0.4, 0.5) is 22.0 Å². The molecule has 0 saturated carbocycles. The van der Waals surface area contributed by atoms with Gasteiger partial charge < -0.3 is 20.0 Å². The largest absolute Gasteiger partial charge is 0.494 e. The molecule has 1 aliphatic heterocycles. The van der Waals surface area contributed by atoms with Crippen molar-refractivity contribution in [3.63, 3.8) is 0 Å². The van der Waals surface area contributed by atoms with Crippen molar-refractivity contribution in [2.75, 3.05) is 6.61 Å². The molecule has 43 heavy (non-hydrogen) atoms. The Hall–Kier alpha value is -4.75. The Morgan fingerprint density at radius 3 is 2.60 bits per heavy atom. The van der Waals surface area contributed by atoms with Crippen molar-refractivity contribution in [2.45, 2.75) is 51.4 Å². The molecule has 226 valence electrons. The van der Waals surface area contributed by atoms with Crippen molar-refractivity contribution in [1.82, 2.24) is 20.1 Å². The summed E-state index contributed by atoms with van der Waals surface area (Å²) in [6.45, 7) is 3.77. The van der Waals surface area contributed by atoms with Gasteiger partial charge in [0.25, 0.3) is 5.91 Å². The third-order valence-electron chi connectivity index (χ3n) is 7.07. The van der Waals surface area contributed by atoms with Gasteiger partial charge in [0.1, 0.15) is 23.0 Å². The summed E-state index contributed by atoms with van der Waals surface area (Å²) in [5.41, 5.74) is 3.37. The van der Waals surface area contributed by atoms with Crippen LogP contribution in [-0.2, 0) is 23.1 Å². The molecule has 1 aliphatic rings. The number of halogens is 5. The minimum Gasteiger partial charge on any atom is -0.494 e. The lowest BCUT2D eigenvalue weighted by molar-refractivity contribution is -0.137. The third kappa shape index (κ3) is 5.44. The van der Waals surface area contributed by atoms with Crippen LogP contribution in [0.2, 0.25) is 0 Å². The van der Waals surface area contributed by atoms with Crippen molar-refractivity contribution in [2.24, 2.45) is 10.8 Å². The summed E-state index contributed by atoms with van der Waals surface area (Å²) in [6, 6.07) is 8.43. The van der Waals surface area contributed by atoms with Gasteiger partial charge in [-0.25, -0.2) is 13.8 Å². The minimum atomic E-state index is -4.74. The Morgan fingerprint density at radius 2 is 1.91 bits per heavy atom. The summed E-state index contributed by atoms with van der Waals surface area (Å²) in [7, 11) is 0. The SMILES string of the molecule is CCCOc1ccc(-c2cc(C(CCC)(C(N)=O)N3Cc4[nH]c(-c5cccc(F)c5F)nc4C=N3)on2)c(C(F)(F)F)c1. The summed E-state index contributed by atoms with van der Waals surface area (Å²) >= 11 is 0. The lowest BCUT2D eigenvalue weighted by atomic mass is 9.87. The van der Waals surface area contributed by atoms with E-state index in [-0.39, 0.29) is 53.7 Å². The number of alkyl halides is 3. The number of nitrogens with one attached hydrogen (secondary N) is 1. The number of ether oxygens (including phenoxy) is 1. The molecule has 1 amide bonds. The Kier molecular flexibility index (Phi) is 7.95. The normalized spacial score (nSPS) is 14.4. The van der Waals surface area contributed by atoms with E-state index in [9.17, 15) is 26.7 Å². The number of carbonyl (C=O) groups excluding carboxylic acids is 1. The summed E-state index contributed by atoms with van der Waals surface area (Å²) in [5.74, 6) is -3.04. The number of imidazole rings is 1. The highest BCUT2D eigenvalue weighted by atomic mass is 19.4. The van der Waals surface area contributed by atoms with E-state index in [0.29, 0.717) is 24.2 Å². The molecule has 2 aromatic carbocycles. The molecular formula is C29H27F5N6O3. The van der Waals surface area contributed by atoms with Crippen LogP contribution in [0.15, 0.2) is 52.1 Å². The molecule has 3 N–H and O–H groups in total. The molecule has 9 nitrogen and oxygen atoms in total. The Balaban J connectivity index is 1.53. The lowest BCUT2D eigenvalue weighted by Crippen LogP contribution is -2.53. The number of aromatic amines is 1. The molecule has 0 aliphatic carbocycles. The molecule has 0 bridgehead atoms. The maximum Gasteiger partial charge on any atom is 0.417 e. The number of hydrogen-bond acceptors (Lipinski definition) is 7. The monoisotopic (exact) mass is 602 g/mol. The second kappa shape index (κ2) is 11.5. The van der Waals surface area contributed by atoms with Gasteiger partial charge in [0.05, 0.1) is 36.2 Å². The minimum absolute atomic E-state index is 0.0449. The first-order chi connectivity index (χ1) is 20.5. The van der Waals surface area contributed by atoms with E-state index in [1.54, 1.807) is 6.92 Å². The predicted molar refractivity (Wildman–Crippen MR) is 146 cm³/mol. The number of amides is 1. The van der Waals surface area contributed by atoms with Gasteiger partial charge in [-0.05, 0) is 43.2 Å². The molecule has 1 atom stereocenters. The lowest BCUT2D eigenvalue weighted by Gasteiger charge is -2.38. The Morgan fingerprint density at radius 1 is 1.12 bits per heavy atom. The maximum absolute atomic E-state index is 14.4. The average Bonchev–Trinajstić information content (AvgIpc) is 3.63. The number of hydrogen-bond donors (Lipinski definition) is 2. The van der Waals surface area contributed by atoms with Gasteiger partial charge in [-0.15, -0.1) is 0 Å². The molecule has 0 spiro atoms. The number of benzene rings is 2. The van der Waals surface area contributed by atoms with Crippen LogP contribution in [0.25, 0.3) is 22.6 Å². The first-order valence-corrected chi connectivity index (χ1v) is 13.5. The molecule has 5 rings (SSSR count). The number of hydrazone groups is 1. The standard InChI is InChI=1S/C29H27F5N6O3/c1-3-10-28(27(35)41,40-15-23-22(14-36-40)37-26(38-23)18-6-5-7-20(30)25(18)31)24-13-21(39-43-24)17-9-8-16(42-11-4-2)12-19(17)29(32,33)34/h5-9,12-14H,3-4,10-11,15H2,1-2H3,(H2,35,41)(H,37,38). The summed E-state index contributed by atoms with van der Waals surface area (Å²) < 4.78 is 81.3. The van der Waals surface area contributed by atoms with Gasteiger partial charge in [0, 0.05) is 11.6 Å². The second-order valence-electron chi connectivity index (χ2n) is 9.96. The van der Waals surface area contributed by atoms with E-state index in [1.165, 1.54) is 41.6 Å². The van der Waals surface area contributed by atoms with Crippen LogP contribution in [0, 0.1) is 11.6 Å². The van der Waals surface area contributed by atoms with E-state index in [0.717, 1.165) is 12.1 Å². The molecular weight excluding hydrogens is 575 g/mol. The molecule has 1 unspecified atom stereocenters. The van der Waals surface area contributed by atoms with Crippen LogP contribution in [-0.4, -0.2) is 38.9 Å². The second-order valence-corrected chi connectivity index (χ2v) is 9.96. The maximum atomic E-state index is 14.4.